The fraction of sp³-hybridized carbons (Fsp3) is 0.333. The van der Waals surface area contributed by atoms with Crippen LogP contribution in [-0.2, 0) is 0 Å². The van der Waals surface area contributed by atoms with Gasteiger partial charge in [0.15, 0.2) is 0 Å². The zero-order chi connectivity index (χ0) is 8.10. The summed E-state index contributed by atoms with van der Waals surface area (Å²) >= 11 is 0. The van der Waals surface area contributed by atoms with Crippen molar-refractivity contribution in [1.82, 2.24) is 0 Å². The Morgan fingerprint density at radius 3 is 3.09 bits per heavy atom. The Kier molecular flexibility index (Phi) is 2.93. The van der Waals surface area contributed by atoms with E-state index in [1.54, 1.807) is 19.1 Å². The zero-order valence-electron chi connectivity index (χ0n) is 6.45. The second-order valence-electron chi connectivity index (χ2n) is 2.40. The standard InChI is InChI=1S/C9H11O2/c1-8(10)7-11-9-5-3-2-4-6-9/h2-3,5-6,8,10H,7H2,1H3/t8-/m0/s1. The fourth-order valence-electron chi connectivity index (χ4n) is 0.683. The van der Waals surface area contributed by atoms with Gasteiger partial charge in [0.25, 0.3) is 0 Å². The number of benzene rings is 1. The molecule has 0 unspecified atom stereocenters. The highest BCUT2D eigenvalue weighted by atomic mass is 16.5. The summed E-state index contributed by atoms with van der Waals surface area (Å²) in [5.41, 5.74) is 0. The lowest BCUT2D eigenvalue weighted by Crippen LogP contribution is -2.12. The average Bonchev–Trinajstić information content (AvgIpc) is 2.03. The van der Waals surface area contributed by atoms with E-state index in [4.69, 9.17) is 9.84 Å². The monoisotopic (exact) mass is 151 g/mol. The summed E-state index contributed by atoms with van der Waals surface area (Å²) < 4.78 is 5.19. The van der Waals surface area contributed by atoms with Crippen LogP contribution >= 0.6 is 0 Å². The maximum atomic E-state index is 8.88. The lowest BCUT2D eigenvalue weighted by atomic mass is 10.3. The Balaban J connectivity index is 2.39. The predicted octanol–water partition coefficient (Wildman–Crippen LogP) is 1.25. The van der Waals surface area contributed by atoms with E-state index >= 15 is 0 Å². The number of aliphatic hydroxyl groups is 1. The molecule has 0 aliphatic heterocycles. The molecule has 0 heterocycles. The van der Waals surface area contributed by atoms with Gasteiger partial charge in [0.2, 0.25) is 0 Å². The van der Waals surface area contributed by atoms with Crippen LogP contribution in [0.1, 0.15) is 6.92 Å². The average molecular weight is 151 g/mol. The van der Waals surface area contributed by atoms with Gasteiger partial charge in [-0.15, -0.1) is 0 Å². The highest BCUT2D eigenvalue weighted by molar-refractivity contribution is 5.19. The molecular formula is C9H11O2. The van der Waals surface area contributed by atoms with E-state index in [2.05, 4.69) is 6.07 Å². The highest BCUT2D eigenvalue weighted by Crippen LogP contribution is 2.07. The van der Waals surface area contributed by atoms with Gasteiger partial charge in [-0.05, 0) is 25.1 Å². The Bertz CT molecular complexity index is 194. The summed E-state index contributed by atoms with van der Waals surface area (Å²) in [5.74, 6) is 0.744. The zero-order valence-corrected chi connectivity index (χ0v) is 6.45. The van der Waals surface area contributed by atoms with Crippen molar-refractivity contribution >= 4 is 0 Å². The van der Waals surface area contributed by atoms with Crippen LogP contribution in [0.4, 0.5) is 0 Å². The van der Waals surface area contributed by atoms with E-state index in [9.17, 15) is 0 Å². The molecule has 1 aromatic carbocycles. The first-order valence-corrected chi connectivity index (χ1v) is 3.56. The molecule has 1 radical (unpaired) electrons. The molecule has 0 bridgehead atoms. The predicted molar refractivity (Wildman–Crippen MR) is 42.5 cm³/mol. The van der Waals surface area contributed by atoms with Crippen LogP contribution in [0.5, 0.6) is 5.75 Å². The number of ether oxygens (including phenoxy) is 1. The van der Waals surface area contributed by atoms with Gasteiger partial charge in [-0.2, -0.15) is 0 Å². The minimum absolute atomic E-state index is 0.331. The third-order valence-electron chi connectivity index (χ3n) is 1.17. The largest absolute Gasteiger partial charge is 0.491 e. The number of hydrogen-bond acceptors (Lipinski definition) is 2. The molecule has 0 fully saturated rings. The Morgan fingerprint density at radius 2 is 2.55 bits per heavy atom. The second kappa shape index (κ2) is 3.98. The molecule has 0 saturated heterocycles. The first kappa shape index (κ1) is 8.08. The van der Waals surface area contributed by atoms with Crippen molar-refractivity contribution in [3.05, 3.63) is 30.3 Å². The first-order valence-electron chi connectivity index (χ1n) is 3.56. The lowest BCUT2D eigenvalue weighted by Gasteiger charge is -2.06. The van der Waals surface area contributed by atoms with Gasteiger partial charge < -0.3 is 9.84 Å². The van der Waals surface area contributed by atoms with Gasteiger partial charge in [-0.25, -0.2) is 0 Å². The van der Waals surface area contributed by atoms with Crippen LogP contribution in [0.15, 0.2) is 24.3 Å². The van der Waals surface area contributed by atoms with Gasteiger partial charge in [0.05, 0.1) is 6.10 Å². The quantitative estimate of drug-likeness (QED) is 0.704. The van der Waals surface area contributed by atoms with E-state index in [-0.39, 0.29) is 0 Å². The molecule has 59 valence electrons. The number of hydrogen-bond donors (Lipinski definition) is 1. The molecule has 1 aromatic rings. The van der Waals surface area contributed by atoms with Crippen LogP contribution in [0, 0.1) is 6.07 Å². The van der Waals surface area contributed by atoms with Crippen LogP contribution in [0.25, 0.3) is 0 Å². The lowest BCUT2D eigenvalue weighted by molar-refractivity contribution is 0.122. The molecule has 1 atom stereocenters. The Hall–Kier alpha value is -1.02. The third-order valence-corrected chi connectivity index (χ3v) is 1.17. The maximum Gasteiger partial charge on any atom is 0.120 e. The van der Waals surface area contributed by atoms with Gasteiger partial charge in [0.1, 0.15) is 12.4 Å². The molecule has 0 spiro atoms. The van der Waals surface area contributed by atoms with E-state index in [0.717, 1.165) is 5.75 Å². The van der Waals surface area contributed by atoms with Crippen LogP contribution in [0.3, 0.4) is 0 Å². The van der Waals surface area contributed by atoms with Crippen molar-refractivity contribution in [2.75, 3.05) is 6.61 Å². The van der Waals surface area contributed by atoms with Crippen molar-refractivity contribution in [3.63, 3.8) is 0 Å². The summed E-state index contributed by atoms with van der Waals surface area (Å²) in [6, 6.07) is 10.1. The molecular weight excluding hydrogens is 140 g/mol. The van der Waals surface area contributed by atoms with Crippen molar-refractivity contribution in [3.8, 4) is 5.75 Å². The molecule has 2 nitrogen and oxygen atoms in total. The molecule has 1 N–H and O–H groups in total. The second-order valence-corrected chi connectivity index (χ2v) is 2.40. The van der Waals surface area contributed by atoms with Crippen LogP contribution in [0.2, 0.25) is 0 Å². The van der Waals surface area contributed by atoms with E-state index < -0.39 is 6.10 Å². The van der Waals surface area contributed by atoms with Crippen molar-refractivity contribution in [2.45, 2.75) is 13.0 Å². The molecule has 0 aliphatic carbocycles. The summed E-state index contributed by atoms with van der Waals surface area (Å²) in [6.07, 6.45) is -0.421. The van der Waals surface area contributed by atoms with Gasteiger partial charge in [-0.1, -0.05) is 12.1 Å². The van der Waals surface area contributed by atoms with E-state index in [1.807, 2.05) is 12.1 Å². The van der Waals surface area contributed by atoms with Crippen LogP contribution < -0.4 is 4.74 Å². The van der Waals surface area contributed by atoms with Gasteiger partial charge in [-0.3, -0.25) is 0 Å². The minimum Gasteiger partial charge on any atom is -0.491 e. The van der Waals surface area contributed by atoms with Gasteiger partial charge >= 0.3 is 0 Å². The maximum absolute atomic E-state index is 8.88. The molecule has 0 saturated carbocycles. The highest BCUT2D eigenvalue weighted by Gasteiger charge is 1.95. The smallest absolute Gasteiger partial charge is 0.120 e. The summed E-state index contributed by atoms with van der Waals surface area (Å²) in [5, 5.41) is 8.88. The molecule has 0 amide bonds. The number of aliphatic hydroxyl groups excluding tert-OH is 1. The number of rotatable bonds is 3. The van der Waals surface area contributed by atoms with E-state index in [0.29, 0.717) is 6.61 Å². The summed E-state index contributed by atoms with van der Waals surface area (Å²) in [4.78, 5) is 0. The first-order chi connectivity index (χ1) is 5.29. The molecule has 1 rings (SSSR count). The normalized spacial score (nSPS) is 12.5. The SMILES string of the molecule is C[C@H](O)COc1c[c]ccc1. The Labute approximate surface area is 66.4 Å². The van der Waals surface area contributed by atoms with Crippen LogP contribution in [-0.4, -0.2) is 17.8 Å². The minimum atomic E-state index is -0.421. The van der Waals surface area contributed by atoms with Crippen molar-refractivity contribution in [1.29, 1.82) is 0 Å². The van der Waals surface area contributed by atoms with E-state index in [1.165, 1.54) is 0 Å². The van der Waals surface area contributed by atoms with Crippen molar-refractivity contribution < 1.29 is 9.84 Å². The topological polar surface area (TPSA) is 29.5 Å². The third kappa shape index (κ3) is 3.05. The summed E-state index contributed by atoms with van der Waals surface area (Å²) in [6.45, 7) is 2.02. The molecule has 0 aliphatic rings. The summed E-state index contributed by atoms with van der Waals surface area (Å²) in [7, 11) is 0. The molecule has 2 heteroatoms. The van der Waals surface area contributed by atoms with Gasteiger partial charge in [0, 0.05) is 0 Å². The fourth-order valence-corrected chi connectivity index (χ4v) is 0.683. The van der Waals surface area contributed by atoms with Crippen molar-refractivity contribution in [2.24, 2.45) is 0 Å². The molecule has 11 heavy (non-hydrogen) atoms. The molecule has 0 aromatic heterocycles. The Morgan fingerprint density at radius 1 is 1.73 bits per heavy atom.